The lowest BCUT2D eigenvalue weighted by molar-refractivity contribution is 0.369. The number of aliphatic imine (C=N–C) groups is 1. The third-order valence-corrected chi connectivity index (χ3v) is 6.90. The number of guanidine groups is 1. The highest BCUT2D eigenvalue weighted by molar-refractivity contribution is 14.0. The largest absolute Gasteiger partial charge is 0.356 e. The van der Waals surface area contributed by atoms with Gasteiger partial charge in [-0.25, -0.2) is 13.1 Å². The molecular formula is C12H23IN4O2S2. The Bertz CT molecular complexity index is 482. The minimum Gasteiger partial charge on any atom is -0.356 e. The number of fused-ring (bicyclic) bond motifs is 1. The molecule has 1 saturated heterocycles. The summed E-state index contributed by atoms with van der Waals surface area (Å²) >= 11 is 2.00. The van der Waals surface area contributed by atoms with E-state index in [2.05, 4.69) is 19.9 Å². The topological polar surface area (TPSA) is 73.8 Å². The zero-order chi connectivity index (χ0) is 14.0. The highest BCUT2D eigenvalue weighted by Gasteiger charge is 2.35. The van der Waals surface area contributed by atoms with E-state index in [1.807, 2.05) is 11.8 Å². The number of hydrogen-bond acceptors (Lipinski definition) is 6. The van der Waals surface area contributed by atoms with Gasteiger partial charge in [0, 0.05) is 31.1 Å². The Morgan fingerprint density at radius 1 is 1.33 bits per heavy atom. The second kappa shape index (κ2) is 7.69. The number of rotatable bonds is 6. The first-order chi connectivity index (χ1) is 9.67. The summed E-state index contributed by atoms with van der Waals surface area (Å²) < 4.78 is 25.9. The van der Waals surface area contributed by atoms with Crippen molar-refractivity contribution in [3.8, 4) is 0 Å². The molecule has 0 amide bonds. The standard InChI is InChI=1S/C12H22N4O2S2.HI/c17-20(18,11-2-3-11)15-5-1-4-13-12-14-8-10-9-19-7-6-16(10)12;/h10-11,15H,1-9H2,(H,13,14);1H. The van der Waals surface area contributed by atoms with Crippen LogP contribution in [0.2, 0.25) is 0 Å². The number of thioether (sulfide) groups is 1. The number of halogens is 1. The van der Waals surface area contributed by atoms with Crippen molar-refractivity contribution in [2.45, 2.75) is 30.6 Å². The van der Waals surface area contributed by atoms with Gasteiger partial charge in [0.1, 0.15) is 0 Å². The number of nitrogens with one attached hydrogen (secondary N) is 2. The molecule has 1 aliphatic carbocycles. The van der Waals surface area contributed by atoms with Gasteiger partial charge < -0.3 is 10.2 Å². The zero-order valence-electron chi connectivity index (χ0n) is 12.0. The summed E-state index contributed by atoms with van der Waals surface area (Å²) in [5, 5.41) is 3.22. The van der Waals surface area contributed by atoms with Gasteiger partial charge in [0.15, 0.2) is 5.96 Å². The lowest BCUT2D eigenvalue weighted by atomic mass is 10.3. The summed E-state index contributed by atoms with van der Waals surface area (Å²) in [5.41, 5.74) is 0. The Morgan fingerprint density at radius 2 is 2.14 bits per heavy atom. The highest BCUT2D eigenvalue weighted by Crippen LogP contribution is 2.27. The first-order valence-electron chi connectivity index (χ1n) is 7.28. The van der Waals surface area contributed by atoms with Gasteiger partial charge in [0.25, 0.3) is 0 Å². The maximum Gasteiger partial charge on any atom is 0.214 e. The predicted octanol–water partition coefficient (Wildman–Crippen LogP) is 0.453. The highest BCUT2D eigenvalue weighted by atomic mass is 127. The predicted molar refractivity (Wildman–Crippen MR) is 98.1 cm³/mol. The normalized spacial score (nSPS) is 25.0. The molecule has 21 heavy (non-hydrogen) atoms. The SMILES string of the molecule is I.O=S(=O)(NCCCNC1=NCC2CSCCN12)C1CC1. The summed E-state index contributed by atoms with van der Waals surface area (Å²) in [6, 6.07) is 0.560. The molecule has 1 saturated carbocycles. The molecule has 0 aromatic carbocycles. The number of sulfonamides is 1. The molecule has 3 rings (SSSR count). The van der Waals surface area contributed by atoms with Gasteiger partial charge in [-0.1, -0.05) is 0 Å². The van der Waals surface area contributed by atoms with Crippen molar-refractivity contribution in [3.63, 3.8) is 0 Å². The Kier molecular flexibility index (Phi) is 6.45. The molecule has 0 aromatic rings. The monoisotopic (exact) mass is 446 g/mol. The lowest BCUT2D eigenvalue weighted by Gasteiger charge is -2.31. The minimum atomic E-state index is -3.03. The van der Waals surface area contributed by atoms with Crippen LogP contribution in [0.4, 0.5) is 0 Å². The van der Waals surface area contributed by atoms with Gasteiger partial charge in [0.05, 0.1) is 17.8 Å². The maximum absolute atomic E-state index is 11.6. The van der Waals surface area contributed by atoms with Crippen LogP contribution in [-0.2, 0) is 10.0 Å². The van der Waals surface area contributed by atoms with Crippen LogP contribution in [0, 0.1) is 0 Å². The Labute approximate surface area is 148 Å². The average Bonchev–Trinajstić information content (AvgIpc) is 3.22. The Balaban J connectivity index is 0.00000161. The lowest BCUT2D eigenvalue weighted by Crippen LogP contribution is -2.48. The maximum atomic E-state index is 11.6. The quantitative estimate of drug-likeness (QED) is 0.458. The van der Waals surface area contributed by atoms with Crippen LogP contribution >= 0.6 is 35.7 Å². The molecule has 9 heteroatoms. The van der Waals surface area contributed by atoms with E-state index in [0.717, 1.165) is 50.6 Å². The van der Waals surface area contributed by atoms with Crippen molar-refractivity contribution < 1.29 is 8.42 Å². The van der Waals surface area contributed by atoms with E-state index >= 15 is 0 Å². The fourth-order valence-electron chi connectivity index (χ4n) is 2.52. The molecule has 6 nitrogen and oxygen atoms in total. The molecule has 3 aliphatic rings. The molecular weight excluding hydrogens is 423 g/mol. The van der Waals surface area contributed by atoms with Crippen molar-refractivity contribution in [1.82, 2.24) is 14.9 Å². The molecule has 1 unspecified atom stereocenters. The van der Waals surface area contributed by atoms with Crippen LogP contribution in [0.25, 0.3) is 0 Å². The second-order valence-electron chi connectivity index (χ2n) is 5.51. The summed E-state index contributed by atoms with van der Waals surface area (Å²) in [7, 11) is -3.03. The van der Waals surface area contributed by atoms with E-state index in [0.29, 0.717) is 12.6 Å². The van der Waals surface area contributed by atoms with E-state index in [1.54, 1.807) is 0 Å². The van der Waals surface area contributed by atoms with Gasteiger partial charge in [-0.3, -0.25) is 4.99 Å². The Morgan fingerprint density at radius 3 is 2.90 bits per heavy atom. The van der Waals surface area contributed by atoms with Crippen LogP contribution in [0.3, 0.4) is 0 Å². The summed E-state index contributed by atoms with van der Waals surface area (Å²) in [4.78, 5) is 6.90. The third kappa shape index (κ3) is 4.61. The minimum absolute atomic E-state index is 0. The molecule has 0 aromatic heterocycles. The van der Waals surface area contributed by atoms with E-state index in [9.17, 15) is 8.42 Å². The van der Waals surface area contributed by atoms with Crippen molar-refractivity contribution in [2.75, 3.05) is 37.7 Å². The second-order valence-corrected chi connectivity index (χ2v) is 8.70. The van der Waals surface area contributed by atoms with Crippen LogP contribution in [0.15, 0.2) is 4.99 Å². The molecule has 2 heterocycles. The first-order valence-corrected chi connectivity index (χ1v) is 9.98. The molecule has 2 fully saturated rings. The summed E-state index contributed by atoms with van der Waals surface area (Å²) in [5.74, 6) is 3.33. The van der Waals surface area contributed by atoms with E-state index in [1.165, 1.54) is 5.75 Å². The molecule has 0 bridgehead atoms. The van der Waals surface area contributed by atoms with Gasteiger partial charge in [-0.2, -0.15) is 11.8 Å². The zero-order valence-corrected chi connectivity index (χ0v) is 15.9. The summed E-state index contributed by atoms with van der Waals surface area (Å²) in [6.45, 7) is 3.24. The number of hydrogen-bond donors (Lipinski definition) is 2. The van der Waals surface area contributed by atoms with Crippen molar-refractivity contribution in [2.24, 2.45) is 4.99 Å². The molecule has 2 N–H and O–H groups in total. The molecule has 122 valence electrons. The van der Waals surface area contributed by atoms with E-state index in [-0.39, 0.29) is 29.2 Å². The van der Waals surface area contributed by atoms with Gasteiger partial charge >= 0.3 is 0 Å². The summed E-state index contributed by atoms with van der Waals surface area (Å²) in [6.07, 6.45) is 2.43. The Hall–Kier alpha value is 0.260. The van der Waals surface area contributed by atoms with Crippen molar-refractivity contribution in [1.29, 1.82) is 0 Å². The van der Waals surface area contributed by atoms with Gasteiger partial charge in [0.2, 0.25) is 10.0 Å². The first kappa shape index (κ1) is 17.6. The average molecular weight is 446 g/mol. The third-order valence-electron chi connectivity index (χ3n) is 3.85. The van der Waals surface area contributed by atoms with E-state index < -0.39 is 10.0 Å². The molecule has 2 aliphatic heterocycles. The molecule has 0 spiro atoms. The van der Waals surface area contributed by atoms with Crippen molar-refractivity contribution >= 4 is 51.7 Å². The van der Waals surface area contributed by atoms with Gasteiger partial charge in [-0.05, 0) is 19.3 Å². The van der Waals surface area contributed by atoms with E-state index in [4.69, 9.17) is 0 Å². The number of nitrogens with zero attached hydrogens (tertiary/aromatic N) is 2. The fourth-order valence-corrected chi connectivity index (χ4v) is 5.00. The van der Waals surface area contributed by atoms with Crippen LogP contribution in [0.5, 0.6) is 0 Å². The molecule has 1 atom stereocenters. The van der Waals surface area contributed by atoms with Crippen molar-refractivity contribution in [3.05, 3.63) is 0 Å². The van der Waals surface area contributed by atoms with Crippen LogP contribution < -0.4 is 10.0 Å². The smallest absolute Gasteiger partial charge is 0.214 e. The fraction of sp³-hybridized carbons (Fsp3) is 0.917. The van der Waals surface area contributed by atoms with Gasteiger partial charge in [-0.15, -0.1) is 24.0 Å². The molecule has 0 radical (unpaired) electrons. The van der Waals surface area contributed by atoms with Crippen LogP contribution in [-0.4, -0.2) is 68.3 Å². The van der Waals surface area contributed by atoms with Crippen LogP contribution in [0.1, 0.15) is 19.3 Å².